The first-order valence-corrected chi connectivity index (χ1v) is 17.0. The van der Waals surface area contributed by atoms with Gasteiger partial charge in [-0.1, -0.05) is 84.7 Å². The average molecular weight is 696 g/mol. The minimum atomic E-state index is -5.77. The molecule has 0 spiro atoms. The third kappa shape index (κ3) is 7.77. The molecule has 0 radical (unpaired) electrons. The highest BCUT2D eigenvalue weighted by Crippen LogP contribution is 2.68. The van der Waals surface area contributed by atoms with Crippen molar-refractivity contribution in [3.8, 4) is 0 Å². The number of carbonyl (C=O) groups is 1. The Morgan fingerprint density at radius 2 is 1.21 bits per heavy atom. The van der Waals surface area contributed by atoms with Gasteiger partial charge in [-0.15, -0.1) is 8.42 Å². The monoisotopic (exact) mass is 695 g/mol. The van der Waals surface area contributed by atoms with Gasteiger partial charge in [-0.05, 0) is 65.8 Å². The van der Waals surface area contributed by atoms with Crippen LogP contribution in [0, 0.1) is 5.82 Å². The quantitative estimate of drug-likeness (QED) is 0.0400. The molecule has 3 aromatic carbocycles. The summed E-state index contributed by atoms with van der Waals surface area (Å²) in [6, 6.07) is 21.0. The van der Waals surface area contributed by atoms with Gasteiger partial charge in [-0.3, -0.25) is 3.63 Å². The van der Waals surface area contributed by atoms with Gasteiger partial charge in [-0.25, -0.2) is 9.18 Å². The molecule has 0 aliphatic heterocycles. The van der Waals surface area contributed by atoms with Crippen molar-refractivity contribution in [3.63, 3.8) is 0 Å². The summed E-state index contributed by atoms with van der Waals surface area (Å²) in [5.41, 5.74) is 0. The number of alkyl halides is 3. The normalized spacial score (nSPS) is 12.7. The molecule has 0 heterocycles. The number of hydrogen-bond donors (Lipinski definition) is 0. The van der Waals surface area contributed by atoms with Crippen molar-refractivity contribution < 1.29 is 34.7 Å². The maximum atomic E-state index is 15.2. The van der Waals surface area contributed by atoms with Crippen LogP contribution in [0.3, 0.4) is 0 Å². The van der Waals surface area contributed by atoms with Crippen LogP contribution < -0.4 is 0 Å². The molecule has 3 rings (SSSR count). The van der Waals surface area contributed by atoms with E-state index in [9.17, 15) is 17.6 Å². The zero-order chi connectivity index (χ0) is 28.4. The number of hydrogen-bond acceptors (Lipinski definition) is 4. The van der Waals surface area contributed by atoms with Gasteiger partial charge in [0.2, 0.25) is 0 Å². The van der Waals surface area contributed by atoms with E-state index in [0.29, 0.717) is 22.6 Å². The Morgan fingerprint density at radius 1 is 0.744 bits per heavy atom. The van der Waals surface area contributed by atoms with Crippen molar-refractivity contribution >= 4 is 49.0 Å². The first kappa shape index (κ1) is 31.4. The van der Waals surface area contributed by atoms with Gasteiger partial charge in [0.05, 0.1) is 31.6 Å². The minimum absolute atomic E-state index is 0.205. The van der Waals surface area contributed by atoms with Gasteiger partial charge >= 0.3 is 21.3 Å². The van der Waals surface area contributed by atoms with Gasteiger partial charge < -0.3 is 4.74 Å². The highest BCUT2D eigenvalue weighted by Gasteiger charge is 2.63. The molecule has 0 aromatic heterocycles. The van der Waals surface area contributed by atoms with E-state index in [2.05, 4.69) is 26.2 Å². The van der Waals surface area contributed by atoms with E-state index in [1.807, 2.05) is 0 Å². The molecule has 0 unspecified atom stereocenters. The summed E-state index contributed by atoms with van der Waals surface area (Å²) in [5.74, 6) is -2.75. The molecule has 0 atom stereocenters. The lowest BCUT2D eigenvalue weighted by atomic mass is 10.1. The number of halogens is 4. The van der Waals surface area contributed by atoms with Crippen LogP contribution in [0.25, 0.3) is 0 Å². The average Bonchev–Trinajstić information content (AvgIpc) is 2.94. The number of esters is 1. The van der Waals surface area contributed by atoms with E-state index < -0.39 is 37.5 Å². The number of carbonyl (C=O) groups excluding carboxylic acids is 1. The Morgan fingerprint density at radius 3 is 1.72 bits per heavy atom. The third-order valence-electron chi connectivity index (χ3n) is 5.86. The first-order chi connectivity index (χ1) is 18.6. The second-order valence-corrected chi connectivity index (χ2v) is 14.4. The fraction of sp³-hybridized carbons (Fsp3) is 0.321. The Kier molecular flexibility index (Phi) is 11.7. The molecule has 5 nitrogen and oxygen atoms in total. The SMILES string of the molecule is O=C(OCCCCCCCCI)C(F)(F)S(=O)(=O)[OH+]S(c1ccccc1)(c1ccccc1)c1ccc(F)cc1. The number of unbranched alkanes of at least 4 members (excludes halogenated alkanes) is 5. The molecular formula is C28H31F3IO5S2+. The van der Waals surface area contributed by atoms with Gasteiger partial charge in [0.15, 0.2) is 0 Å². The van der Waals surface area contributed by atoms with Gasteiger partial charge in [-0.2, -0.15) is 8.78 Å². The summed E-state index contributed by atoms with van der Waals surface area (Å²) in [6.45, 7) is -0.316. The predicted octanol–water partition coefficient (Wildman–Crippen LogP) is 8.36. The van der Waals surface area contributed by atoms with E-state index in [4.69, 9.17) is 4.74 Å². The van der Waals surface area contributed by atoms with Crippen LogP contribution in [0.2, 0.25) is 0 Å². The summed E-state index contributed by atoms with van der Waals surface area (Å²) in [5, 5.41) is -4.92. The van der Waals surface area contributed by atoms with Gasteiger partial charge in [0.25, 0.3) is 0 Å². The fourth-order valence-electron chi connectivity index (χ4n) is 3.86. The Labute approximate surface area is 242 Å². The van der Waals surface area contributed by atoms with Gasteiger partial charge in [0, 0.05) is 0 Å². The lowest BCUT2D eigenvalue weighted by Crippen LogP contribution is -2.42. The molecule has 0 saturated heterocycles. The van der Waals surface area contributed by atoms with E-state index in [1.54, 1.807) is 60.7 Å². The molecule has 0 bridgehead atoms. The van der Waals surface area contributed by atoms with E-state index >= 15 is 8.78 Å². The minimum Gasteiger partial charge on any atom is -0.460 e. The maximum Gasteiger partial charge on any atom is 0.514 e. The molecule has 212 valence electrons. The van der Waals surface area contributed by atoms with Crippen molar-refractivity contribution in [1.29, 1.82) is 0 Å². The molecule has 0 aliphatic carbocycles. The van der Waals surface area contributed by atoms with Crippen molar-refractivity contribution in [3.05, 3.63) is 90.7 Å². The van der Waals surface area contributed by atoms with Crippen LogP contribution >= 0.6 is 32.9 Å². The summed E-state index contributed by atoms with van der Waals surface area (Å²) >= 11 is 2.30. The second kappa shape index (κ2) is 14.5. The van der Waals surface area contributed by atoms with Crippen LogP contribution in [0.1, 0.15) is 38.5 Å². The van der Waals surface area contributed by atoms with Crippen LogP contribution in [0.15, 0.2) is 99.6 Å². The van der Waals surface area contributed by atoms with Gasteiger partial charge in [0.1, 0.15) is 5.82 Å². The van der Waals surface area contributed by atoms with Crippen molar-refractivity contribution in [2.24, 2.45) is 0 Å². The predicted molar refractivity (Wildman–Crippen MR) is 156 cm³/mol. The Balaban J connectivity index is 1.92. The van der Waals surface area contributed by atoms with Crippen molar-refractivity contribution in [1.82, 2.24) is 0 Å². The van der Waals surface area contributed by atoms with Crippen LogP contribution in [0.5, 0.6) is 0 Å². The highest BCUT2D eigenvalue weighted by molar-refractivity contribution is 14.1. The number of benzene rings is 3. The lowest BCUT2D eigenvalue weighted by molar-refractivity contribution is -0.161. The molecule has 11 heteroatoms. The fourth-order valence-corrected chi connectivity index (χ4v) is 9.70. The molecular weight excluding hydrogens is 664 g/mol. The number of rotatable bonds is 15. The Hall–Kier alpha value is -2.09. The summed E-state index contributed by atoms with van der Waals surface area (Å²) < 4.78 is 80.5. The second-order valence-electron chi connectivity index (χ2n) is 8.67. The molecule has 0 saturated carbocycles. The summed E-state index contributed by atoms with van der Waals surface area (Å²) in [7, 11) is -9.05. The first-order valence-electron chi connectivity index (χ1n) is 12.4. The largest absolute Gasteiger partial charge is 0.514 e. The lowest BCUT2D eigenvalue weighted by Gasteiger charge is -2.35. The Bertz CT molecular complexity index is 1250. The molecule has 39 heavy (non-hydrogen) atoms. The van der Waals surface area contributed by atoms with E-state index in [-0.39, 0.29) is 11.5 Å². The zero-order valence-corrected chi connectivity index (χ0v) is 24.9. The van der Waals surface area contributed by atoms with Crippen LogP contribution in [0.4, 0.5) is 13.2 Å². The molecule has 1 N–H and O–H groups in total. The highest BCUT2D eigenvalue weighted by atomic mass is 127. The summed E-state index contributed by atoms with van der Waals surface area (Å²) in [4.78, 5) is 13.2. The van der Waals surface area contributed by atoms with E-state index in [0.717, 1.165) is 42.2 Å². The van der Waals surface area contributed by atoms with Crippen LogP contribution in [-0.2, 0) is 19.6 Å². The molecule has 0 fully saturated rings. The molecule has 3 aromatic rings. The smallest absolute Gasteiger partial charge is 0.460 e. The molecule has 0 amide bonds. The standard InChI is InChI=1S/C28H30F3IO5S2/c29-23-17-19-26(20-18-23)38(24-13-7-5-8-14-24,25-15-9-6-10-16-25)37-39(34,35)28(30,31)27(33)36-22-12-4-2-1-3-11-21-32/h5-10,13-20H,1-4,11-12,21-22H2/p+1. The maximum absolute atomic E-state index is 15.2. The summed E-state index contributed by atoms with van der Waals surface area (Å²) in [6.07, 6.45) is 5.07. The van der Waals surface area contributed by atoms with Crippen LogP contribution in [-0.4, -0.2) is 34.3 Å². The van der Waals surface area contributed by atoms with Crippen molar-refractivity contribution in [2.45, 2.75) is 58.5 Å². The molecule has 0 aliphatic rings. The topological polar surface area (TPSA) is 73.2 Å². The zero-order valence-electron chi connectivity index (χ0n) is 21.1. The number of ether oxygens (including phenoxy) is 1. The third-order valence-corrected chi connectivity index (χ3v) is 12.0. The van der Waals surface area contributed by atoms with E-state index in [1.165, 1.54) is 12.1 Å². The van der Waals surface area contributed by atoms with Crippen molar-refractivity contribution in [2.75, 3.05) is 11.0 Å².